The Labute approximate surface area is 103 Å². The van der Waals surface area contributed by atoms with Crippen LogP contribution < -0.4 is 5.32 Å². The lowest BCUT2D eigenvalue weighted by atomic mass is 10.0. The van der Waals surface area contributed by atoms with Crippen LogP contribution in [-0.4, -0.2) is 16.1 Å². The van der Waals surface area contributed by atoms with E-state index in [-0.39, 0.29) is 0 Å². The van der Waals surface area contributed by atoms with Crippen LogP contribution in [0.1, 0.15) is 18.4 Å². The average molecular weight is 248 g/mol. The van der Waals surface area contributed by atoms with Gasteiger partial charge in [-0.05, 0) is 24.6 Å². The Morgan fingerprint density at radius 2 is 2.12 bits per heavy atom. The molecule has 88 valence electrons. The van der Waals surface area contributed by atoms with E-state index in [0.717, 1.165) is 16.4 Å². The predicted molar refractivity (Wildman–Crippen MR) is 67.9 cm³/mol. The molecule has 0 saturated heterocycles. The second kappa shape index (κ2) is 4.97. The lowest BCUT2D eigenvalue weighted by Gasteiger charge is -2.08. The Morgan fingerprint density at radius 3 is 2.65 bits per heavy atom. The van der Waals surface area contributed by atoms with Gasteiger partial charge in [0.15, 0.2) is 5.13 Å². The van der Waals surface area contributed by atoms with E-state index in [4.69, 9.17) is 5.11 Å². The summed E-state index contributed by atoms with van der Waals surface area (Å²) in [6.45, 7) is 1.67. The van der Waals surface area contributed by atoms with E-state index in [2.05, 4.69) is 10.3 Å². The second-order valence-corrected chi connectivity index (χ2v) is 4.54. The van der Waals surface area contributed by atoms with Gasteiger partial charge in [-0.2, -0.15) is 0 Å². The molecule has 1 unspecified atom stereocenters. The van der Waals surface area contributed by atoms with Crippen LogP contribution in [0.2, 0.25) is 0 Å². The summed E-state index contributed by atoms with van der Waals surface area (Å²) >= 11 is 1.52. The first-order valence-electron chi connectivity index (χ1n) is 5.16. The van der Waals surface area contributed by atoms with Gasteiger partial charge in [0, 0.05) is 17.3 Å². The quantitative estimate of drug-likeness (QED) is 0.872. The zero-order chi connectivity index (χ0) is 12.3. The SMILES string of the molecule is CC(C(=O)O)c1ccc(Nc2nccs2)cc1. The number of nitrogens with zero attached hydrogens (tertiary/aromatic N) is 1. The molecule has 2 aromatic rings. The van der Waals surface area contributed by atoms with Crippen LogP contribution >= 0.6 is 11.3 Å². The summed E-state index contributed by atoms with van der Waals surface area (Å²) in [5, 5.41) is 14.7. The van der Waals surface area contributed by atoms with Gasteiger partial charge in [0.05, 0.1) is 5.92 Å². The summed E-state index contributed by atoms with van der Waals surface area (Å²) in [7, 11) is 0. The minimum atomic E-state index is -0.814. The number of anilines is 2. The Bertz CT molecular complexity index is 494. The monoisotopic (exact) mass is 248 g/mol. The summed E-state index contributed by atoms with van der Waals surface area (Å²) in [5.41, 5.74) is 1.70. The predicted octanol–water partition coefficient (Wildman–Crippen LogP) is 3.07. The maximum atomic E-state index is 10.8. The zero-order valence-corrected chi connectivity index (χ0v) is 10.1. The van der Waals surface area contributed by atoms with Gasteiger partial charge in [-0.1, -0.05) is 12.1 Å². The van der Waals surface area contributed by atoms with Crippen molar-refractivity contribution in [1.82, 2.24) is 4.98 Å². The molecule has 0 spiro atoms. The van der Waals surface area contributed by atoms with E-state index in [1.807, 2.05) is 29.6 Å². The normalized spacial score (nSPS) is 12.1. The van der Waals surface area contributed by atoms with Gasteiger partial charge in [-0.15, -0.1) is 11.3 Å². The third kappa shape index (κ3) is 2.82. The van der Waals surface area contributed by atoms with Gasteiger partial charge in [0.1, 0.15) is 0 Å². The fourth-order valence-corrected chi connectivity index (χ4v) is 1.96. The number of thiazole rings is 1. The van der Waals surface area contributed by atoms with Gasteiger partial charge in [0.2, 0.25) is 0 Å². The van der Waals surface area contributed by atoms with E-state index in [0.29, 0.717) is 0 Å². The highest BCUT2D eigenvalue weighted by Crippen LogP contribution is 2.21. The van der Waals surface area contributed by atoms with E-state index >= 15 is 0 Å². The standard InChI is InChI=1S/C12H12N2O2S/c1-8(11(15)16)9-2-4-10(5-3-9)14-12-13-6-7-17-12/h2-8H,1H3,(H,13,14)(H,15,16). The first-order valence-corrected chi connectivity index (χ1v) is 6.04. The van der Waals surface area contributed by atoms with Crippen LogP contribution in [0.25, 0.3) is 0 Å². The summed E-state index contributed by atoms with van der Waals surface area (Å²) in [5.74, 6) is -1.30. The van der Waals surface area contributed by atoms with Crippen molar-refractivity contribution in [1.29, 1.82) is 0 Å². The van der Waals surface area contributed by atoms with Crippen molar-refractivity contribution >= 4 is 28.1 Å². The molecule has 0 aliphatic heterocycles. The molecule has 0 aliphatic carbocycles. The van der Waals surface area contributed by atoms with Crippen LogP contribution in [-0.2, 0) is 4.79 Å². The Hall–Kier alpha value is -1.88. The second-order valence-electron chi connectivity index (χ2n) is 3.64. The molecule has 4 nitrogen and oxygen atoms in total. The molecule has 2 rings (SSSR count). The first-order chi connectivity index (χ1) is 8.16. The van der Waals surface area contributed by atoms with Gasteiger partial charge in [-0.25, -0.2) is 4.98 Å². The van der Waals surface area contributed by atoms with Crippen LogP contribution in [0, 0.1) is 0 Å². The van der Waals surface area contributed by atoms with Crippen LogP contribution in [0.4, 0.5) is 10.8 Å². The van der Waals surface area contributed by atoms with Crippen molar-refractivity contribution in [3.8, 4) is 0 Å². The topological polar surface area (TPSA) is 62.2 Å². The van der Waals surface area contributed by atoms with Crippen molar-refractivity contribution in [2.24, 2.45) is 0 Å². The van der Waals surface area contributed by atoms with E-state index in [1.54, 1.807) is 13.1 Å². The van der Waals surface area contributed by atoms with Crippen molar-refractivity contribution in [3.05, 3.63) is 41.4 Å². The van der Waals surface area contributed by atoms with Crippen molar-refractivity contribution in [2.45, 2.75) is 12.8 Å². The van der Waals surface area contributed by atoms with Gasteiger partial charge < -0.3 is 10.4 Å². The molecule has 2 N–H and O–H groups in total. The molecule has 1 aromatic carbocycles. The molecule has 0 aliphatic rings. The molecule has 0 radical (unpaired) electrons. The molecule has 0 amide bonds. The van der Waals surface area contributed by atoms with Crippen molar-refractivity contribution in [2.75, 3.05) is 5.32 Å². The summed E-state index contributed by atoms with van der Waals surface area (Å²) in [4.78, 5) is 14.9. The number of benzene rings is 1. The van der Waals surface area contributed by atoms with Gasteiger partial charge >= 0.3 is 5.97 Å². The van der Waals surface area contributed by atoms with E-state index < -0.39 is 11.9 Å². The number of aliphatic carboxylic acids is 1. The average Bonchev–Trinajstić information content (AvgIpc) is 2.82. The van der Waals surface area contributed by atoms with Crippen molar-refractivity contribution in [3.63, 3.8) is 0 Å². The minimum absolute atomic E-state index is 0.482. The largest absolute Gasteiger partial charge is 0.481 e. The van der Waals surface area contributed by atoms with Gasteiger partial charge in [0.25, 0.3) is 0 Å². The molecular formula is C12H12N2O2S. The van der Waals surface area contributed by atoms with Gasteiger partial charge in [-0.3, -0.25) is 4.79 Å². The number of hydrogen-bond acceptors (Lipinski definition) is 4. The van der Waals surface area contributed by atoms with Crippen LogP contribution in [0.5, 0.6) is 0 Å². The van der Waals surface area contributed by atoms with E-state index in [1.165, 1.54) is 11.3 Å². The molecule has 1 heterocycles. The maximum absolute atomic E-state index is 10.8. The fraction of sp³-hybridized carbons (Fsp3) is 0.167. The molecule has 1 aromatic heterocycles. The smallest absolute Gasteiger partial charge is 0.310 e. The molecule has 5 heteroatoms. The summed E-state index contributed by atoms with van der Waals surface area (Å²) in [6, 6.07) is 7.34. The third-order valence-corrected chi connectivity index (χ3v) is 3.15. The number of carboxylic acid groups (broad SMARTS) is 1. The van der Waals surface area contributed by atoms with Crippen molar-refractivity contribution < 1.29 is 9.90 Å². The fourth-order valence-electron chi connectivity index (χ4n) is 1.41. The maximum Gasteiger partial charge on any atom is 0.310 e. The Kier molecular flexibility index (Phi) is 3.39. The highest BCUT2D eigenvalue weighted by atomic mass is 32.1. The number of carboxylic acids is 1. The lowest BCUT2D eigenvalue weighted by Crippen LogP contribution is -2.07. The highest BCUT2D eigenvalue weighted by Gasteiger charge is 2.12. The summed E-state index contributed by atoms with van der Waals surface area (Å²) < 4.78 is 0. The number of nitrogens with one attached hydrogen (secondary N) is 1. The number of rotatable bonds is 4. The Morgan fingerprint density at radius 1 is 1.41 bits per heavy atom. The van der Waals surface area contributed by atoms with Crippen LogP contribution in [0.15, 0.2) is 35.8 Å². The molecule has 0 bridgehead atoms. The minimum Gasteiger partial charge on any atom is -0.481 e. The summed E-state index contributed by atoms with van der Waals surface area (Å²) in [6.07, 6.45) is 1.73. The lowest BCUT2D eigenvalue weighted by molar-refractivity contribution is -0.138. The molecular weight excluding hydrogens is 236 g/mol. The number of carbonyl (C=O) groups is 1. The van der Waals surface area contributed by atoms with Crippen LogP contribution in [0.3, 0.4) is 0 Å². The first kappa shape index (κ1) is 11.6. The molecule has 0 saturated carbocycles. The molecule has 17 heavy (non-hydrogen) atoms. The zero-order valence-electron chi connectivity index (χ0n) is 9.25. The van der Waals surface area contributed by atoms with E-state index in [9.17, 15) is 4.79 Å². The third-order valence-electron chi connectivity index (χ3n) is 2.46. The molecule has 0 fully saturated rings. The number of aromatic nitrogens is 1. The highest BCUT2D eigenvalue weighted by molar-refractivity contribution is 7.13. The Balaban J connectivity index is 2.10. The molecule has 1 atom stereocenters. The number of hydrogen-bond donors (Lipinski definition) is 2.